The van der Waals surface area contributed by atoms with Gasteiger partial charge in [0.15, 0.2) is 5.82 Å². The highest BCUT2D eigenvalue weighted by Gasteiger charge is 2.24. The highest BCUT2D eigenvalue weighted by atomic mass is 79.9. The third-order valence-corrected chi connectivity index (χ3v) is 5.45. The number of rotatable bonds is 2. The molecule has 2 aromatic rings. The fourth-order valence-corrected chi connectivity index (χ4v) is 3.81. The third-order valence-electron chi connectivity index (χ3n) is 3.81. The van der Waals surface area contributed by atoms with E-state index in [2.05, 4.69) is 36.8 Å². The Bertz CT molecular complexity index is 685. The topological polar surface area (TPSA) is 51.8 Å². The van der Waals surface area contributed by atoms with Gasteiger partial charge in [0.2, 0.25) is 0 Å². The first-order valence-electron chi connectivity index (χ1n) is 6.84. The number of aromatic nitrogens is 2. The Morgan fingerprint density at radius 3 is 2.57 bits per heavy atom. The van der Waals surface area contributed by atoms with Crippen LogP contribution in [0.1, 0.15) is 37.3 Å². The molecule has 0 atom stereocenters. The molecule has 0 bridgehead atoms. The molecule has 0 amide bonds. The van der Waals surface area contributed by atoms with Crippen LogP contribution in [-0.2, 0) is 0 Å². The number of halogens is 3. The molecule has 1 aliphatic carbocycles. The Morgan fingerprint density at radius 1 is 1.14 bits per heavy atom. The van der Waals surface area contributed by atoms with Crippen molar-refractivity contribution < 1.29 is 0 Å². The highest BCUT2D eigenvalue weighted by Crippen LogP contribution is 2.39. The summed E-state index contributed by atoms with van der Waals surface area (Å²) in [7, 11) is 0. The SMILES string of the molecule is Nc1nc(-c2cc(Br)ccc2Cl)nc(C2CCCC2)c1Br. The summed E-state index contributed by atoms with van der Waals surface area (Å²) in [6.07, 6.45) is 4.80. The number of hydrogen-bond acceptors (Lipinski definition) is 3. The molecule has 3 nitrogen and oxygen atoms in total. The second kappa shape index (κ2) is 6.23. The van der Waals surface area contributed by atoms with E-state index in [0.29, 0.717) is 22.6 Å². The Morgan fingerprint density at radius 2 is 1.86 bits per heavy atom. The van der Waals surface area contributed by atoms with Gasteiger partial charge in [-0.05, 0) is 47.0 Å². The highest BCUT2D eigenvalue weighted by molar-refractivity contribution is 9.11. The van der Waals surface area contributed by atoms with Crippen molar-refractivity contribution in [2.24, 2.45) is 0 Å². The van der Waals surface area contributed by atoms with Gasteiger partial charge in [0, 0.05) is 16.0 Å². The van der Waals surface area contributed by atoms with Crippen LogP contribution >= 0.6 is 43.5 Å². The molecule has 0 spiro atoms. The zero-order valence-corrected chi connectivity index (χ0v) is 15.2. The Kier molecular flexibility index (Phi) is 4.52. The first kappa shape index (κ1) is 15.3. The number of hydrogen-bond donors (Lipinski definition) is 1. The van der Waals surface area contributed by atoms with Gasteiger partial charge in [-0.2, -0.15) is 0 Å². The van der Waals surface area contributed by atoms with Crippen LogP contribution in [0.2, 0.25) is 5.02 Å². The first-order valence-corrected chi connectivity index (χ1v) is 8.81. The van der Waals surface area contributed by atoms with Crippen molar-refractivity contribution in [3.63, 3.8) is 0 Å². The lowest BCUT2D eigenvalue weighted by Gasteiger charge is -2.14. The van der Waals surface area contributed by atoms with Crippen LogP contribution in [0.4, 0.5) is 5.82 Å². The largest absolute Gasteiger partial charge is 0.383 e. The molecule has 2 N–H and O–H groups in total. The van der Waals surface area contributed by atoms with Gasteiger partial charge < -0.3 is 5.73 Å². The van der Waals surface area contributed by atoms with Crippen molar-refractivity contribution in [3.05, 3.63) is 37.9 Å². The molecule has 1 aromatic carbocycles. The summed E-state index contributed by atoms with van der Waals surface area (Å²) in [6.45, 7) is 0. The Labute approximate surface area is 145 Å². The maximum atomic E-state index is 6.28. The van der Waals surface area contributed by atoms with E-state index in [-0.39, 0.29) is 0 Å². The minimum absolute atomic E-state index is 0.453. The molecule has 0 aliphatic heterocycles. The zero-order chi connectivity index (χ0) is 15.0. The lowest BCUT2D eigenvalue weighted by atomic mass is 10.0. The van der Waals surface area contributed by atoms with Crippen LogP contribution < -0.4 is 5.73 Å². The summed E-state index contributed by atoms with van der Waals surface area (Å²) < 4.78 is 1.76. The summed E-state index contributed by atoms with van der Waals surface area (Å²) >= 11 is 13.3. The van der Waals surface area contributed by atoms with Crippen LogP contribution in [0, 0.1) is 0 Å². The van der Waals surface area contributed by atoms with E-state index >= 15 is 0 Å². The van der Waals surface area contributed by atoms with Crippen molar-refractivity contribution in [2.75, 3.05) is 5.73 Å². The van der Waals surface area contributed by atoms with E-state index in [9.17, 15) is 0 Å². The normalized spacial score (nSPS) is 15.6. The van der Waals surface area contributed by atoms with Crippen LogP contribution in [0.15, 0.2) is 27.1 Å². The van der Waals surface area contributed by atoms with Gasteiger partial charge in [-0.1, -0.05) is 40.4 Å². The number of nitrogen functional groups attached to an aromatic ring is 1. The van der Waals surface area contributed by atoms with Gasteiger partial charge in [0.1, 0.15) is 5.82 Å². The van der Waals surface area contributed by atoms with E-state index < -0.39 is 0 Å². The smallest absolute Gasteiger partial charge is 0.163 e. The van der Waals surface area contributed by atoms with Gasteiger partial charge in [-0.3, -0.25) is 0 Å². The van der Waals surface area contributed by atoms with Crippen LogP contribution in [-0.4, -0.2) is 9.97 Å². The monoisotopic (exact) mass is 429 g/mol. The molecule has 21 heavy (non-hydrogen) atoms. The molecular formula is C15H14Br2ClN3. The molecule has 0 unspecified atom stereocenters. The van der Waals surface area contributed by atoms with Crippen molar-refractivity contribution >= 4 is 49.3 Å². The van der Waals surface area contributed by atoms with Gasteiger partial charge in [-0.25, -0.2) is 9.97 Å². The predicted molar refractivity (Wildman–Crippen MR) is 93.5 cm³/mol. The molecule has 110 valence electrons. The molecule has 3 rings (SSSR count). The van der Waals surface area contributed by atoms with Crippen molar-refractivity contribution in [1.29, 1.82) is 0 Å². The minimum Gasteiger partial charge on any atom is -0.383 e. The summed E-state index contributed by atoms with van der Waals surface area (Å²) in [6, 6.07) is 5.65. The summed E-state index contributed by atoms with van der Waals surface area (Å²) in [4.78, 5) is 9.14. The number of nitrogens with zero attached hydrogens (tertiary/aromatic N) is 2. The molecule has 6 heteroatoms. The molecule has 1 aromatic heterocycles. The van der Waals surface area contributed by atoms with Gasteiger partial charge >= 0.3 is 0 Å². The lowest BCUT2D eigenvalue weighted by molar-refractivity contribution is 0.691. The van der Waals surface area contributed by atoms with E-state index in [1.54, 1.807) is 0 Å². The number of nitrogens with two attached hydrogens (primary N) is 1. The minimum atomic E-state index is 0.453. The molecule has 1 saturated carbocycles. The van der Waals surface area contributed by atoms with Gasteiger partial charge in [-0.15, -0.1) is 0 Å². The average Bonchev–Trinajstić information content (AvgIpc) is 2.98. The van der Waals surface area contributed by atoms with Gasteiger partial charge in [0.05, 0.1) is 15.2 Å². The van der Waals surface area contributed by atoms with E-state index in [1.165, 1.54) is 12.8 Å². The van der Waals surface area contributed by atoms with Crippen LogP contribution in [0.25, 0.3) is 11.4 Å². The van der Waals surface area contributed by atoms with Crippen molar-refractivity contribution in [1.82, 2.24) is 9.97 Å². The fourth-order valence-electron chi connectivity index (χ4n) is 2.74. The summed E-state index contributed by atoms with van der Waals surface area (Å²) in [5.41, 5.74) is 7.86. The quantitative estimate of drug-likeness (QED) is 0.677. The van der Waals surface area contributed by atoms with E-state index in [4.69, 9.17) is 22.3 Å². The maximum Gasteiger partial charge on any atom is 0.163 e. The standard InChI is InChI=1S/C15H14Br2ClN3/c16-9-5-6-11(18)10(7-9)15-20-13(8-3-1-2-4-8)12(17)14(19)21-15/h5-8H,1-4H2,(H2,19,20,21). The number of benzene rings is 1. The molecule has 1 aliphatic rings. The maximum absolute atomic E-state index is 6.28. The van der Waals surface area contributed by atoms with E-state index in [0.717, 1.165) is 33.0 Å². The van der Waals surface area contributed by atoms with Gasteiger partial charge in [0.25, 0.3) is 0 Å². The zero-order valence-electron chi connectivity index (χ0n) is 11.2. The fraction of sp³-hybridized carbons (Fsp3) is 0.333. The molecule has 0 radical (unpaired) electrons. The molecule has 0 saturated heterocycles. The number of anilines is 1. The molecule has 1 fully saturated rings. The molecule has 1 heterocycles. The van der Waals surface area contributed by atoms with Crippen LogP contribution in [0.5, 0.6) is 0 Å². The third kappa shape index (κ3) is 3.10. The predicted octanol–water partition coefficient (Wildman–Crippen LogP) is 5.56. The second-order valence-electron chi connectivity index (χ2n) is 5.24. The molecular weight excluding hydrogens is 417 g/mol. The van der Waals surface area contributed by atoms with Crippen LogP contribution in [0.3, 0.4) is 0 Å². The Hall–Kier alpha value is -0.650. The summed E-state index contributed by atoms with van der Waals surface area (Å²) in [5, 5.41) is 0.622. The second-order valence-corrected chi connectivity index (χ2v) is 7.35. The average molecular weight is 432 g/mol. The first-order chi connectivity index (χ1) is 10.1. The van der Waals surface area contributed by atoms with Crippen molar-refractivity contribution in [3.8, 4) is 11.4 Å². The Balaban J connectivity index is 2.13. The lowest BCUT2D eigenvalue weighted by Crippen LogP contribution is -2.06. The van der Waals surface area contributed by atoms with E-state index in [1.807, 2.05) is 18.2 Å². The van der Waals surface area contributed by atoms with Crippen molar-refractivity contribution in [2.45, 2.75) is 31.6 Å². The summed E-state index contributed by atoms with van der Waals surface area (Å²) in [5.74, 6) is 1.51.